The second-order valence-corrected chi connectivity index (χ2v) is 3.45. The molecule has 78 valence electrons. The summed E-state index contributed by atoms with van der Waals surface area (Å²) < 4.78 is 17.6. The number of carbonyl (C=O) groups excluding carboxylic acids is 2. The quantitative estimate of drug-likeness (QED) is 0.521. The summed E-state index contributed by atoms with van der Waals surface area (Å²) in [6.07, 6.45) is -0.533. The summed E-state index contributed by atoms with van der Waals surface area (Å²) in [5.41, 5.74) is 0.651. The molecule has 1 unspecified atom stereocenters. The normalized spacial score (nSPS) is 21.3. The van der Waals surface area contributed by atoms with E-state index in [1.54, 1.807) is 0 Å². The molecule has 1 saturated heterocycles. The van der Waals surface area contributed by atoms with Crippen molar-refractivity contribution in [2.75, 3.05) is 0 Å². The Hall–Kier alpha value is -1.71. The summed E-state index contributed by atoms with van der Waals surface area (Å²) in [6, 6.07) is 5.60. The van der Waals surface area contributed by atoms with Crippen LogP contribution in [0.4, 0.5) is 4.39 Å². The van der Waals surface area contributed by atoms with Crippen molar-refractivity contribution in [3.63, 3.8) is 0 Å². The lowest BCUT2D eigenvalue weighted by molar-refractivity contribution is -0.158. The molecule has 1 aliphatic rings. The van der Waals surface area contributed by atoms with Crippen molar-refractivity contribution < 1.29 is 18.7 Å². The number of ether oxygens (including phenoxy) is 1. The van der Waals surface area contributed by atoms with Gasteiger partial charge in [0, 0.05) is 6.42 Å². The second-order valence-electron chi connectivity index (χ2n) is 3.45. The van der Waals surface area contributed by atoms with E-state index >= 15 is 0 Å². The number of halogens is 1. The van der Waals surface area contributed by atoms with Crippen molar-refractivity contribution in [3.8, 4) is 0 Å². The molecule has 1 fully saturated rings. The number of hydrogen-bond donors (Lipinski definition) is 0. The minimum absolute atomic E-state index is 0.138. The van der Waals surface area contributed by atoms with E-state index in [9.17, 15) is 14.0 Å². The maximum Gasteiger partial charge on any atom is 0.313 e. The van der Waals surface area contributed by atoms with Gasteiger partial charge in [0.2, 0.25) is 0 Å². The molecule has 0 N–H and O–H groups in total. The van der Waals surface area contributed by atoms with Crippen LogP contribution in [0.5, 0.6) is 0 Å². The highest BCUT2D eigenvalue weighted by Crippen LogP contribution is 2.26. The Labute approximate surface area is 85.9 Å². The minimum Gasteiger partial charge on any atom is -0.457 e. The third-order valence-corrected chi connectivity index (χ3v) is 2.27. The third kappa shape index (κ3) is 2.21. The fourth-order valence-corrected chi connectivity index (χ4v) is 1.55. The summed E-state index contributed by atoms with van der Waals surface area (Å²) in [4.78, 5) is 22.2. The number of Topliss-reactive ketones (excluding diaryl/α,β-unsaturated/α-hetero) is 1. The molecule has 0 radical (unpaired) electrons. The Morgan fingerprint density at radius 1 is 1.20 bits per heavy atom. The van der Waals surface area contributed by atoms with E-state index in [2.05, 4.69) is 0 Å². The van der Waals surface area contributed by atoms with Crippen LogP contribution in [-0.4, -0.2) is 11.8 Å². The molecule has 3 nitrogen and oxygen atoms in total. The molecule has 2 rings (SSSR count). The Balaban J connectivity index is 2.19. The van der Waals surface area contributed by atoms with Crippen LogP contribution in [-0.2, 0) is 14.3 Å². The molecule has 15 heavy (non-hydrogen) atoms. The number of benzene rings is 1. The van der Waals surface area contributed by atoms with Crippen LogP contribution >= 0.6 is 0 Å². The van der Waals surface area contributed by atoms with Crippen LogP contribution < -0.4 is 0 Å². The molecule has 1 aromatic rings. The van der Waals surface area contributed by atoms with Gasteiger partial charge in [0.25, 0.3) is 0 Å². The van der Waals surface area contributed by atoms with Crippen molar-refractivity contribution in [2.24, 2.45) is 0 Å². The third-order valence-electron chi connectivity index (χ3n) is 2.27. The van der Waals surface area contributed by atoms with Crippen LogP contribution in [0.2, 0.25) is 0 Å². The average Bonchev–Trinajstić information content (AvgIpc) is 2.17. The fraction of sp³-hybridized carbons (Fsp3) is 0.273. The molecule has 1 aromatic carbocycles. The van der Waals surface area contributed by atoms with E-state index in [1.807, 2.05) is 0 Å². The summed E-state index contributed by atoms with van der Waals surface area (Å²) in [7, 11) is 0. The van der Waals surface area contributed by atoms with Crippen LogP contribution in [0.25, 0.3) is 0 Å². The van der Waals surface area contributed by atoms with Gasteiger partial charge in [0.1, 0.15) is 24.1 Å². The summed E-state index contributed by atoms with van der Waals surface area (Å²) in [6.45, 7) is 0. The average molecular weight is 208 g/mol. The first kappa shape index (κ1) is 9.83. The smallest absolute Gasteiger partial charge is 0.313 e. The molecular formula is C11H9FO3. The maximum atomic E-state index is 12.6. The predicted molar refractivity (Wildman–Crippen MR) is 49.5 cm³/mol. The summed E-state index contributed by atoms with van der Waals surface area (Å²) in [5, 5.41) is 0. The molecule has 0 spiro atoms. The molecule has 1 heterocycles. The van der Waals surface area contributed by atoms with E-state index < -0.39 is 12.1 Å². The molecule has 4 heteroatoms. The van der Waals surface area contributed by atoms with E-state index in [-0.39, 0.29) is 24.4 Å². The van der Waals surface area contributed by atoms with Crippen molar-refractivity contribution in [1.29, 1.82) is 0 Å². The van der Waals surface area contributed by atoms with Crippen molar-refractivity contribution in [3.05, 3.63) is 35.6 Å². The Bertz CT molecular complexity index is 381. The molecule has 0 saturated carbocycles. The zero-order chi connectivity index (χ0) is 10.8. The van der Waals surface area contributed by atoms with Crippen molar-refractivity contribution >= 4 is 11.8 Å². The molecule has 0 amide bonds. The van der Waals surface area contributed by atoms with E-state index in [0.717, 1.165) is 0 Å². The van der Waals surface area contributed by atoms with Crippen LogP contribution in [0.1, 0.15) is 24.5 Å². The highest BCUT2D eigenvalue weighted by atomic mass is 19.1. The zero-order valence-corrected chi connectivity index (χ0v) is 7.90. The first-order valence-corrected chi connectivity index (χ1v) is 4.62. The largest absolute Gasteiger partial charge is 0.457 e. The zero-order valence-electron chi connectivity index (χ0n) is 7.90. The van der Waals surface area contributed by atoms with Gasteiger partial charge in [-0.15, -0.1) is 0 Å². The SMILES string of the molecule is O=C1CC(=O)OC(c2ccc(F)cc2)C1. The Morgan fingerprint density at radius 3 is 2.47 bits per heavy atom. The van der Waals surface area contributed by atoms with Crippen molar-refractivity contribution in [2.45, 2.75) is 18.9 Å². The van der Waals surface area contributed by atoms with Gasteiger partial charge >= 0.3 is 5.97 Å². The lowest BCUT2D eigenvalue weighted by Crippen LogP contribution is -2.24. The molecule has 0 bridgehead atoms. The minimum atomic E-state index is -0.556. The number of ketones is 1. The van der Waals surface area contributed by atoms with E-state index in [4.69, 9.17) is 4.74 Å². The van der Waals surface area contributed by atoms with Gasteiger partial charge in [-0.05, 0) is 17.7 Å². The number of hydrogen-bond acceptors (Lipinski definition) is 3. The van der Waals surface area contributed by atoms with Crippen molar-refractivity contribution in [1.82, 2.24) is 0 Å². The summed E-state index contributed by atoms with van der Waals surface area (Å²) in [5.74, 6) is -1.01. The number of esters is 1. The molecule has 1 atom stereocenters. The predicted octanol–water partition coefficient (Wildman–Crippen LogP) is 1.77. The highest BCUT2D eigenvalue weighted by Gasteiger charge is 2.27. The van der Waals surface area contributed by atoms with E-state index in [0.29, 0.717) is 5.56 Å². The lowest BCUT2D eigenvalue weighted by Gasteiger charge is -2.21. The van der Waals surface area contributed by atoms with Crippen LogP contribution in [0, 0.1) is 5.82 Å². The lowest BCUT2D eigenvalue weighted by atomic mass is 10.0. The van der Waals surface area contributed by atoms with Crippen LogP contribution in [0.3, 0.4) is 0 Å². The van der Waals surface area contributed by atoms with Gasteiger partial charge in [-0.25, -0.2) is 4.39 Å². The monoisotopic (exact) mass is 208 g/mol. The Morgan fingerprint density at radius 2 is 1.87 bits per heavy atom. The van der Waals surface area contributed by atoms with Crippen LogP contribution in [0.15, 0.2) is 24.3 Å². The molecule has 0 aliphatic carbocycles. The highest BCUT2D eigenvalue weighted by molar-refractivity contribution is 5.97. The first-order valence-electron chi connectivity index (χ1n) is 4.62. The number of cyclic esters (lactones) is 1. The van der Waals surface area contributed by atoms with E-state index in [1.165, 1.54) is 24.3 Å². The fourth-order valence-electron chi connectivity index (χ4n) is 1.55. The van der Waals surface area contributed by atoms with Gasteiger partial charge < -0.3 is 4.74 Å². The Kier molecular flexibility index (Phi) is 2.49. The maximum absolute atomic E-state index is 12.6. The topological polar surface area (TPSA) is 43.4 Å². The van der Waals surface area contributed by atoms with Gasteiger partial charge in [0.15, 0.2) is 0 Å². The van der Waals surface area contributed by atoms with Gasteiger partial charge in [-0.1, -0.05) is 12.1 Å². The molecular weight excluding hydrogens is 199 g/mol. The number of carbonyl (C=O) groups is 2. The first-order chi connectivity index (χ1) is 7.15. The molecule has 0 aromatic heterocycles. The van der Waals surface area contributed by atoms with Gasteiger partial charge in [-0.2, -0.15) is 0 Å². The summed E-state index contributed by atoms with van der Waals surface area (Å²) >= 11 is 0. The second kappa shape index (κ2) is 3.81. The molecule has 1 aliphatic heterocycles. The van der Waals surface area contributed by atoms with Gasteiger partial charge in [-0.3, -0.25) is 9.59 Å². The standard InChI is InChI=1S/C11H9FO3/c12-8-3-1-7(2-4-8)10-5-9(13)6-11(14)15-10/h1-4,10H,5-6H2. The number of rotatable bonds is 1. The van der Waals surface area contributed by atoms with Gasteiger partial charge in [0.05, 0.1) is 0 Å².